The van der Waals surface area contributed by atoms with Gasteiger partial charge in [0.15, 0.2) is 0 Å². The summed E-state index contributed by atoms with van der Waals surface area (Å²) in [6, 6.07) is 0. The molecule has 11 nitrogen and oxygen atoms in total. The summed E-state index contributed by atoms with van der Waals surface area (Å²) in [6.07, 6.45) is 28.7. The van der Waals surface area contributed by atoms with Gasteiger partial charge in [-0.05, 0) is 88.1 Å². The van der Waals surface area contributed by atoms with E-state index >= 15 is 0 Å². The number of unbranched alkanes of at least 4 members (excludes halogenated alkanes) is 11. The van der Waals surface area contributed by atoms with Gasteiger partial charge in [-0.2, -0.15) is 0 Å². The number of hydrogen-bond acceptors (Lipinski definition) is 12. The van der Waals surface area contributed by atoms with Gasteiger partial charge in [0.2, 0.25) is 0 Å². The summed E-state index contributed by atoms with van der Waals surface area (Å²) in [7, 11) is 3.46. The Morgan fingerprint density at radius 1 is 0.485 bits per heavy atom. The molecular formula is C55H106N2O9S2. The van der Waals surface area contributed by atoms with Gasteiger partial charge in [-0.1, -0.05) is 172 Å². The molecule has 1 aliphatic heterocycles. The molecular weight excluding hydrogens is 897 g/mol. The number of esters is 2. The number of carbonyl (C=O) groups is 3. The van der Waals surface area contributed by atoms with E-state index in [0.717, 1.165) is 139 Å². The number of amides is 1. The molecule has 1 rings (SSSR count). The molecule has 0 radical (unpaired) electrons. The third-order valence-electron chi connectivity index (χ3n) is 12.8. The molecule has 1 heterocycles. The SMILES string of the molecule is CC(C)CCCC(C)CCOC(=O)CCCCCCCCCOCC(CNC(=O)OCCSSCCOCCN1CCCCCC1)OCCCCCCCCC(=O)OCCC(C)CCCC(C)C. The Morgan fingerprint density at radius 2 is 0.985 bits per heavy atom. The van der Waals surface area contributed by atoms with Crippen molar-refractivity contribution in [1.29, 1.82) is 0 Å². The Balaban J connectivity index is 2.22. The molecule has 3 atom stereocenters. The van der Waals surface area contributed by atoms with E-state index in [-0.39, 0.29) is 18.0 Å². The highest BCUT2D eigenvalue weighted by Crippen LogP contribution is 2.21. The molecule has 13 heteroatoms. The summed E-state index contributed by atoms with van der Waals surface area (Å²) < 4.78 is 34.6. The van der Waals surface area contributed by atoms with Crippen molar-refractivity contribution in [1.82, 2.24) is 10.2 Å². The molecule has 0 aliphatic carbocycles. The molecule has 1 amide bonds. The van der Waals surface area contributed by atoms with E-state index in [9.17, 15) is 14.4 Å². The topological polar surface area (TPSA) is 122 Å². The average molecular weight is 1000 g/mol. The maximum Gasteiger partial charge on any atom is 0.407 e. The van der Waals surface area contributed by atoms with Gasteiger partial charge in [0, 0.05) is 50.7 Å². The largest absolute Gasteiger partial charge is 0.466 e. The van der Waals surface area contributed by atoms with Crippen molar-refractivity contribution < 1.29 is 42.8 Å². The fourth-order valence-corrected chi connectivity index (χ4v) is 9.97. The fourth-order valence-electron chi connectivity index (χ4n) is 8.28. The Morgan fingerprint density at radius 3 is 1.53 bits per heavy atom. The second-order valence-corrected chi connectivity index (χ2v) is 23.3. The normalized spacial score (nSPS) is 14.8. The van der Waals surface area contributed by atoms with Crippen molar-refractivity contribution in [2.45, 2.75) is 221 Å². The molecule has 402 valence electrons. The lowest BCUT2D eigenvalue weighted by molar-refractivity contribution is -0.145. The minimum absolute atomic E-state index is 0.0499. The lowest BCUT2D eigenvalue weighted by Crippen LogP contribution is -2.37. The summed E-state index contributed by atoms with van der Waals surface area (Å²) in [4.78, 5) is 39.4. The average Bonchev–Trinajstić information content (AvgIpc) is 3.58. The highest BCUT2D eigenvalue weighted by Gasteiger charge is 2.14. The van der Waals surface area contributed by atoms with Gasteiger partial charge in [-0.15, -0.1) is 0 Å². The van der Waals surface area contributed by atoms with Gasteiger partial charge >= 0.3 is 18.0 Å². The predicted octanol–water partition coefficient (Wildman–Crippen LogP) is 14.0. The second-order valence-electron chi connectivity index (χ2n) is 20.6. The van der Waals surface area contributed by atoms with Gasteiger partial charge in [0.25, 0.3) is 0 Å². The zero-order valence-electron chi connectivity index (χ0n) is 44.8. The molecule has 0 saturated carbocycles. The van der Waals surface area contributed by atoms with E-state index in [0.29, 0.717) is 70.9 Å². The van der Waals surface area contributed by atoms with Gasteiger partial charge in [-0.3, -0.25) is 9.59 Å². The maximum atomic E-state index is 12.5. The molecule has 1 fully saturated rings. The third kappa shape index (κ3) is 45.9. The standard InChI is InChI=1S/C55H106N2O9S2/c1-48(2)26-24-28-50(5)32-39-64-53(58)30-18-12-8-7-10-16-22-37-62-47-52(46-56-55(60)66-43-45-68-67-44-42-61-41-36-57-34-20-14-15-21-35-57)63-38-23-17-11-9-13-19-31-54(59)65-40-33-51(6)29-25-27-49(3)4/h48-52H,7-47H2,1-6H3,(H,56,60). The molecule has 68 heavy (non-hydrogen) atoms. The monoisotopic (exact) mass is 1000 g/mol. The van der Waals surface area contributed by atoms with Crippen LogP contribution in [0.2, 0.25) is 0 Å². The summed E-state index contributed by atoms with van der Waals surface area (Å²) in [6.45, 7) is 22.1. The highest BCUT2D eigenvalue weighted by molar-refractivity contribution is 8.76. The Labute approximate surface area is 426 Å². The van der Waals surface area contributed by atoms with E-state index in [4.69, 9.17) is 28.4 Å². The number of rotatable bonds is 48. The molecule has 1 N–H and O–H groups in total. The zero-order valence-corrected chi connectivity index (χ0v) is 46.4. The number of alkyl carbamates (subject to hydrolysis) is 1. The van der Waals surface area contributed by atoms with E-state index < -0.39 is 6.09 Å². The van der Waals surface area contributed by atoms with Crippen molar-refractivity contribution in [3.8, 4) is 0 Å². The van der Waals surface area contributed by atoms with Crippen LogP contribution in [0.25, 0.3) is 0 Å². The quantitative estimate of drug-likeness (QED) is 0.0270. The molecule has 0 aromatic carbocycles. The summed E-state index contributed by atoms with van der Waals surface area (Å²) in [5, 5.41) is 2.90. The van der Waals surface area contributed by atoms with Gasteiger partial charge in [0.05, 0.1) is 39.1 Å². The number of ether oxygens (including phenoxy) is 6. The Kier molecular flexibility index (Phi) is 45.8. The van der Waals surface area contributed by atoms with Gasteiger partial charge < -0.3 is 38.6 Å². The van der Waals surface area contributed by atoms with Crippen molar-refractivity contribution in [2.24, 2.45) is 23.7 Å². The van der Waals surface area contributed by atoms with Crippen LogP contribution in [-0.4, -0.2) is 120 Å². The van der Waals surface area contributed by atoms with Gasteiger partial charge in [-0.25, -0.2) is 4.79 Å². The highest BCUT2D eigenvalue weighted by atomic mass is 33.1. The zero-order chi connectivity index (χ0) is 49.6. The van der Waals surface area contributed by atoms with E-state index in [1.165, 1.54) is 77.3 Å². The molecule has 0 aromatic rings. The van der Waals surface area contributed by atoms with Crippen LogP contribution in [0.5, 0.6) is 0 Å². The molecule has 0 bridgehead atoms. The van der Waals surface area contributed by atoms with Crippen LogP contribution < -0.4 is 5.32 Å². The van der Waals surface area contributed by atoms with E-state index in [2.05, 4.69) is 51.8 Å². The van der Waals surface area contributed by atoms with Crippen LogP contribution >= 0.6 is 21.6 Å². The predicted molar refractivity (Wildman–Crippen MR) is 287 cm³/mol. The minimum atomic E-state index is -0.425. The van der Waals surface area contributed by atoms with Crippen molar-refractivity contribution in [3.05, 3.63) is 0 Å². The number of carbonyl (C=O) groups excluding carboxylic acids is 3. The van der Waals surface area contributed by atoms with Crippen LogP contribution in [-0.2, 0) is 38.0 Å². The molecule has 0 spiro atoms. The van der Waals surface area contributed by atoms with Crippen molar-refractivity contribution >= 4 is 39.6 Å². The first kappa shape index (κ1) is 64.8. The first-order valence-electron chi connectivity index (χ1n) is 28.0. The summed E-state index contributed by atoms with van der Waals surface area (Å²) >= 11 is 0. The van der Waals surface area contributed by atoms with Crippen LogP contribution in [0.4, 0.5) is 4.79 Å². The molecule has 1 aliphatic rings. The van der Waals surface area contributed by atoms with E-state index in [1.807, 2.05) is 0 Å². The second kappa shape index (κ2) is 48.0. The van der Waals surface area contributed by atoms with Crippen molar-refractivity contribution in [2.75, 3.05) is 90.5 Å². The van der Waals surface area contributed by atoms with Crippen molar-refractivity contribution in [3.63, 3.8) is 0 Å². The minimum Gasteiger partial charge on any atom is -0.466 e. The van der Waals surface area contributed by atoms with Crippen LogP contribution in [0, 0.1) is 23.7 Å². The van der Waals surface area contributed by atoms with Crippen LogP contribution in [0.15, 0.2) is 0 Å². The Hall–Kier alpha value is -1.25. The van der Waals surface area contributed by atoms with Gasteiger partial charge in [0.1, 0.15) is 6.61 Å². The first-order valence-corrected chi connectivity index (χ1v) is 30.5. The Bertz CT molecular complexity index is 1140. The summed E-state index contributed by atoms with van der Waals surface area (Å²) in [5.74, 6) is 4.25. The number of likely N-dealkylation sites (tertiary alicyclic amines) is 1. The number of nitrogens with one attached hydrogen (secondary N) is 1. The third-order valence-corrected chi connectivity index (χ3v) is 15.2. The fraction of sp³-hybridized carbons (Fsp3) is 0.945. The first-order chi connectivity index (χ1) is 33.0. The molecule has 0 aromatic heterocycles. The van der Waals surface area contributed by atoms with E-state index in [1.54, 1.807) is 21.6 Å². The summed E-state index contributed by atoms with van der Waals surface area (Å²) in [5.41, 5.74) is 0. The smallest absolute Gasteiger partial charge is 0.407 e. The molecule has 1 saturated heterocycles. The number of hydrogen-bond donors (Lipinski definition) is 1. The number of nitrogens with zero attached hydrogens (tertiary/aromatic N) is 1. The van der Waals surface area contributed by atoms with Crippen LogP contribution in [0.1, 0.15) is 215 Å². The molecule has 3 unspecified atom stereocenters. The maximum absolute atomic E-state index is 12.5. The van der Waals surface area contributed by atoms with Crippen LogP contribution in [0.3, 0.4) is 0 Å². The lowest BCUT2D eigenvalue weighted by atomic mass is 9.98. The lowest BCUT2D eigenvalue weighted by Gasteiger charge is -2.19.